The summed E-state index contributed by atoms with van der Waals surface area (Å²) in [6, 6.07) is 14.7. The van der Waals surface area contributed by atoms with Crippen LogP contribution in [-0.4, -0.2) is 23.7 Å². The molecule has 0 heterocycles. The molecule has 122 valence electrons. The molecule has 2 aromatic rings. The standard InChI is InChI=1S/C18H20ClNO3/c1-13(11-21)20-18(22)10-15-3-2-4-17(9-15)23-12-14-5-7-16(19)8-6-14/h2-9,13,21H,10-12H2,1H3,(H,20,22). The SMILES string of the molecule is CC(CO)NC(=O)Cc1cccc(OCc2ccc(Cl)cc2)c1. The zero-order chi connectivity index (χ0) is 16.7. The Bertz CT molecular complexity index is 643. The predicted octanol–water partition coefficient (Wildman–Crippen LogP) is 2.96. The lowest BCUT2D eigenvalue weighted by Gasteiger charge is -2.11. The molecule has 1 amide bonds. The third-order valence-electron chi connectivity index (χ3n) is 3.26. The molecule has 0 aromatic heterocycles. The van der Waals surface area contributed by atoms with Crippen LogP contribution in [0.1, 0.15) is 18.1 Å². The van der Waals surface area contributed by atoms with Crippen LogP contribution in [0.3, 0.4) is 0 Å². The van der Waals surface area contributed by atoms with Crippen molar-refractivity contribution in [1.29, 1.82) is 0 Å². The van der Waals surface area contributed by atoms with Gasteiger partial charge in [0.2, 0.25) is 5.91 Å². The molecule has 4 nitrogen and oxygen atoms in total. The molecule has 2 rings (SSSR count). The molecule has 0 spiro atoms. The van der Waals surface area contributed by atoms with Crippen molar-refractivity contribution >= 4 is 17.5 Å². The van der Waals surface area contributed by atoms with Gasteiger partial charge in [0.05, 0.1) is 13.0 Å². The van der Waals surface area contributed by atoms with Crippen molar-refractivity contribution in [2.24, 2.45) is 0 Å². The van der Waals surface area contributed by atoms with Gasteiger partial charge in [-0.15, -0.1) is 0 Å². The Labute approximate surface area is 141 Å². The van der Waals surface area contributed by atoms with Gasteiger partial charge in [-0.05, 0) is 42.3 Å². The number of hydrogen-bond acceptors (Lipinski definition) is 3. The number of hydrogen-bond donors (Lipinski definition) is 2. The number of aliphatic hydroxyl groups is 1. The Hall–Kier alpha value is -2.04. The second-order valence-electron chi connectivity index (χ2n) is 5.39. The van der Waals surface area contributed by atoms with E-state index >= 15 is 0 Å². The molecule has 0 saturated heterocycles. The van der Waals surface area contributed by atoms with Gasteiger partial charge in [-0.1, -0.05) is 35.9 Å². The molecule has 0 aliphatic rings. The van der Waals surface area contributed by atoms with Crippen molar-refractivity contribution in [2.45, 2.75) is 26.0 Å². The molecule has 2 N–H and O–H groups in total. The Kier molecular flexibility index (Phi) is 6.44. The van der Waals surface area contributed by atoms with Crippen molar-refractivity contribution in [3.8, 4) is 5.75 Å². The maximum atomic E-state index is 11.8. The molecule has 0 aliphatic carbocycles. The van der Waals surface area contributed by atoms with E-state index in [9.17, 15) is 4.79 Å². The number of amides is 1. The van der Waals surface area contributed by atoms with Crippen LogP contribution in [0.2, 0.25) is 5.02 Å². The summed E-state index contributed by atoms with van der Waals surface area (Å²) < 4.78 is 5.74. The fraction of sp³-hybridized carbons (Fsp3) is 0.278. The highest BCUT2D eigenvalue weighted by Crippen LogP contribution is 2.17. The summed E-state index contributed by atoms with van der Waals surface area (Å²) in [6.07, 6.45) is 0.252. The smallest absolute Gasteiger partial charge is 0.224 e. The van der Waals surface area contributed by atoms with E-state index in [1.165, 1.54) is 0 Å². The molecule has 0 fully saturated rings. The number of rotatable bonds is 7. The van der Waals surface area contributed by atoms with Gasteiger partial charge in [0.15, 0.2) is 0 Å². The van der Waals surface area contributed by atoms with E-state index < -0.39 is 0 Å². The van der Waals surface area contributed by atoms with Crippen LogP contribution in [0, 0.1) is 0 Å². The maximum Gasteiger partial charge on any atom is 0.224 e. The number of benzene rings is 2. The first-order valence-corrected chi connectivity index (χ1v) is 7.81. The summed E-state index contributed by atoms with van der Waals surface area (Å²) >= 11 is 5.85. The molecule has 23 heavy (non-hydrogen) atoms. The molecule has 0 radical (unpaired) electrons. The van der Waals surface area contributed by atoms with Crippen LogP contribution in [0.4, 0.5) is 0 Å². The van der Waals surface area contributed by atoms with Gasteiger partial charge in [0, 0.05) is 11.1 Å². The summed E-state index contributed by atoms with van der Waals surface area (Å²) in [5.41, 5.74) is 1.88. The summed E-state index contributed by atoms with van der Waals surface area (Å²) in [4.78, 5) is 11.8. The van der Waals surface area contributed by atoms with Gasteiger partial charge in [-0.2, -0.15) is 0 Å². The van der Waals surface area contributed by atoms with E-state index in [4.69, 9.17) is 21.4 Å². The summed E-state index contributed by atoms with van der Waals surface area (Å²) in [5, 5.41) is 12.4. The average molecular weight is 334 g/mol. The van der Waals surface area contributed by atoms with E-state index in [-0.39, 0.29) is 25.0 Å². The first-order chi connectivity index (χ1) is 11.1. The van der Waals surface area contributed by atoms with Crippen LogP contribution < -0.4 is 10.1 Å². The van der Waals surface area contributed by atoms with Gasteiger partial charge < -0.3 is 15.2 Å². The van der Waals surface area contributed by atoms with Crippen LogP contribution in [0.5, 0.6) is 5.75 Å². The molecule has 5 heteroatoms. The zero-order valence-electron chi connectivity index (χ0n) is 13.0. The van der Waals surface area contributed by atoms with Crippen LogP contribution in [-0.2, 0) is 17.8 Å². The molecule has 0 bridgehead atoms. The first kappa shape index (κ1) is 17.3. The highest BCUT2D eigenvalue weighted by atomic mass is 35.5. The molecule has 0 aliphatic heterocycles. The predicted molar refractivity (Wildman–Crippen MR) is 90.6 cm³/mol. The topological polar surface area (TPSA) is 58.6 Å². The van der Waals surface area contributed by atoms with Crippen LogP contribution in [0.15, 0.2) is 48.5 Å². The molecular weight excluding hydrogens is 314 g/mol. The van der Waals surface area contributed by atoms with Crippen LogP contribution in [0.25, 0.3) is 0 Å². The minimum absolute atomic E-state index is 0.0734. The lowest BCUT2D eigenvalue weighted by atomic mass is 10.1. The van der Waals surface area contributed by atoms with Gasteiger partial charge in [-0.25, -0.2) is 0 Å². The van der Waals surface area contributed by atoms with Crippen molar-refractivity contribution < 1.29 is 14.6 Å². The monoisotopic (exact) mass is 333 g/mol. The molecular formula is C18H20ClNO3. The highest BCUT2D eigenvalue weighted by Gasteiger charge is 2.08. The van der Waals surface area contributed by atoms with E-state index in [0.717, 1.165) is 11.1 Å². The Morgan fingerprint density at radius 2 is 1.96 bits per heavy atom. The number of carbonyl (C=O) groups is 1. The van der Waals surface area contributed by atoms with E-state index in [0.29, 0.717) is 17.4 Å². The van der Waals surface area contributed by atoms with Crippen molar-refractivity contribution in [3.05, 3.63) is 64.7 Å². The maximum absolute atomic E-state index is 11.8. The third-order valence-corrected chi connectivity index (χ3v) is 3.52. The number of carbonyl (C=O) groups excluding carboxylic acids is 1. The minimum atomic E-state index is -0.244. The minimum Gasteiger partial charge on any atom is -0.489 e. The summed E-state index contributed by atoms with van der Waals surface area (Å²) in [7, 11) is 0. The van der Waals surface area contributed by atoms with E-state index in [1.54, 1.807) is 6.92 Å². The van der Waals surface area contributed by atoms with Gasteiger partial charge in [0.25, 0.3) is 0 Å². The number of halogens is 1. The van der Waals surface area contributed by atoms with Gasteiger partial charge in [0.1, 0.15) is 12.4 Å². The molecule has 1 unspecified atom stereocenters. The Morgan fingerprint density at radius 3 is 2.65 bits per heavy atom. The van der Waals surface area contributed by atoms with Crippen molar-refractivity contribution in [2.75, 3.05) is 6.61 Å². The van der Waals surface area contributed by atoms with E-state index in [1.807, 2.05) is 48.5 Å². The normalized spacial score (nSPS) is 11.8. The second kappa shape index (κ2) is 8.56. The fourth-order valence-corrected chi connectivity index (χ4v) is 2.18. The summed E-state index contributed by atoms with van der Waals surface area (Å²) in [6.45, 7) is 2.12. The lowest BCUT2D eigenvalue weighted by Crippen LogP contribution is -2.35. The van der Waals surface area contributed by atoms with Crippen molar-refractivity contribution in [3.63, 3.8) is 0 Å². The first-order valence-electron chi connectivity index (χ1n) is 7.43. The van der Waals surface area contributed by atoms with Gasteiger partial charge >= 0.3 is 0 Å². The Balaban J connectivity index is 1.91. The van der Waals surface area contributed by atoms with Crippen molar-refractivity contribution in [1.82, 2.24) is 5.32 Å². The quantitative estimate of drug-likeness (QED) is 0.819. The van der Waals surface area contributed by atoms with E-state index in [2.05, 4.69) is 5.32 Å². The molecule has 2 aromatic carbocycles. The fourth-order valence-electron chi connectivity index (χ4n) is 2.05. The Morgan fingerprint density at radius 1 is 1.22 bits per heavy atom. The molecule has 1 atom stereocenters. The highest BCUT2D eigenvalue weighted by molar-refractivity contribution is 6.30. The number of ether oxygens (including phenoxy) is 1. The average Bonchev–Trinajstić information content (AvgIpc) is 2.54. The van der Waals surface area contributed by atoms with Crippen LogP contribution >= 0.6 is 11.6 Å². The second-order valence-corrected chi connectivity index (χ2v) is 5.83. The largest absolute Gasteiger partial charge is 0.489 e. The summed E-state index contributed by atoms with van der Waals surface area (Å²) in [5.74, 6) is 0.585. The third kappa shape index (κ3) is 5.93. The number of nitrogens with one attached hydrogen (secondary N) is 1. The number of aliphatic hydroxyl groups excluding tert-OH is 1. The molecule has 0 saturated carbocycles. The van der Waals surface area contributed by atoms with Gasteiger partial charge in [-0.3, -0.25) is 4.79 Å². The lowest BCUT2D eigenvalue weighted by molar-refractivity contribution is -0.121. The zero-order valence-corrected chi connectivity index (χ0v) is 13.7.